The lowest BCUT2D eigenvalue weighted by Crippen LogP contribution is -2.28. The number of carbonyl (C=O) groups is 1. The molecule has 0 fully saturated rings. The van der Waals surface area contributed by atoms with Gasteiger partial charge in [-0.1, -0.05) is 12.1 Å². The van der Waals surface area contributed by atoms with E-state index in [-0.39, 0.29) is 25.3 Å². The van der Waals surface area contributed by atoms with E-state index in [1.165, 1.54) is 0 Å². The van der Waals surface area contributed by atoms with E-state index >= 15 is 0 Å². The van der Waals surface area contributed by atoms with Crippen molar-refractivity contribution < 1.29 is 32.2 Å². The van der Waals surface area contributed by atoms with Crippen molar-refractivity contribution in [3.63, 3.8) is 0 Å². The number of hydrogen-bond donors (Lipinski definition) is 2. The highest BCUT2D eigenvalue weighted by Gasteiger charge is 2.26. The van der Waals surface area contributed by atoms with Gasteiger partial charge in [0.1, 0.15) is 5.75 Å². The summed E-state index contributed by atoms with van der Waals surface area (Å²) in [7, 11) is 0. The number of aromatic nitrogens is 2. The van der Waals surface area contributed by atoms with Gasteiger partial charge in [0.2, 0.25) is 11.8 Å². The molecule has 1 amide bonds. The van der Waals surface area contributed by atoms with E-state index in [9.17, 15) is 18.0 Å². The SMILES string of the molecule is Cc1nnc(CC(NC(=O)O)c2cccc(OCCCC(F)(F)F)c2)o1. The zero-order valence-corrected chi connectivity index (χ0v) is 13.9. The summed E-state index contributed by atoms with van der Waals surface area (Å²) < 4.78 is 47.0. The van der Waals surface area contributed by atoms with E-state index in [0.717, 1.165) is 0 Å². The average Bonchev–Trinajstić information content (AvgIpc) is 2.95. The first-order chi connectivity index (χ1) is 12.2. The summed E-state index contributed by atoms with van der Waals surface area (Å²) >= 11 is 0. The van der Waals surface area contributed by atoms with Gasteiger partial charge in [-0.05, 0) is 24.1 Å². The molecule has 0 saturated carbocycles. The van der Waals surface area contributed by atoms with Gasteiger partial charge >= 0.3 is 12.3 Å². The van der Waals surface area contributed by atoms with Gasteiger partial charge in [0.15, 0.2) is 0 Å². The third-order valence-corrected chi connectivity index (χ3v) is 3.38. The van der Waals surface area contributed by atoms with E-state index in [0.29, 0.717) is 17.2 Å². The second kappa shape index (κ2) is 8.54. The normalized spacial score (nSPS) is 12.6. The molecule has 0 aliphatic rings. The molecule has 0 saturated heterocycles. The van der Waals surface area contributed by atoms with Crippen molar-refractivity contribution in [2.24, 2.45) is 0 Å². The van der Waals surface area contributed by atoms with Crippen molar-refractivity contribution in [3.8, 4) is 5.75 Å². The minimum atomic E-state index is -4.22. The van der Waals surface area contributed by atoms with Gasteiger partial charge in [-0.3, -0.25) is 0 Å². The molecule has 1 aromatic carbocycles. The van der Waals surface area contributed by atoms with Crippen LogP contribution < -0.4 is 10.1 Å². The van der Waals surface area contributed by atoms with Crippen LogP contribution in [0.4, 0.5) is 18.0 Å². The molecule has 7 nitrogen and oxygen atoms in total. The van der Waals surface area contributed by atoms with Crippen LogP contribution in [0.5, 0.6) is 5.75 Å². The van der Waals surface area contributed by atoms with Gasteiger partial charge in [-0.25, -0.2) is 4.79 Å². The number of carboxylic acid groups (broad SMARTS) is 1. The number of halogens is 3. The van der Waals surface area contributed by atoms with Crippen LogP contribution >= 0.6 is 0 Å². The zero-order valence-electron chi connectivity index (χ0n) is 13.9. The smallest absolute Gasteiger partial charge is 0.405 e. The first-order valence-electron chi connectivity index (χ1n) is 7.81. The second-order valence-corrected chi connectivity index (χ2v) is 5.56. The van der Waals surface area contributed by atoms with E-state index in [1.807, 2.05) is 0 Å². The maximum Gasteiger partial charge on any atom is 0.405 e. The molecule has 1 aromatic heterocycles. The summed E-state index contributed by atoms with van der Waals surface area (Å²) in [6.45, 7) is 1.52. The summed E-state index contributed by atoms with van der Waals surface area (Å²) in [5.74, 6) is 0.970. The average molecular weight is 373 g/mol. The Bertz CT molecular complexity index is 734. The number of amides is 1. The first kappa shape index (κ1) is 19.5. The number of hydrogen-bond acceptors (Lipinski definition) is 5. The number of nitrogens with zero attached hydrogens (tertiary/aromatic N) is 2. The Hall–Kier alpha value is -2.78. The second-order valence-electron chi connectivity index (χ2n) is 5.56. The molecule has 0 bridgehead atoms. The van der Waals surface area contributed by atoms with Crippen molar-refractivity contribution in [1.82, 2.24) is 15.5 Å². The lowest BCUT2D eigenvalue weighted by atomic mass is 10.0. The van der Waals surface area contributed by atoms with Gasteiger partial charge in [0, 0.05) is 13.3 Å². The Balaban J connectivity index is 2.04. The van der Waals surface area contributed by atoms with Gasteiger partial charge in [-0.15, -0.1) is 10.2 Å². The molecule has 0 radical (unpaired) electrons. The quantitative estimate of drug-likeness (QED) is 0.686. The monoisotopic (exact) mass is 373 g/mol. The predicted molar refractivity (Wildman–Crippen MR) is 83.9 cm³/mol. The van der Waals surface area contributed by atoms with Crippen LogP contribution in [-0.4, -0.2) is 34.2 Å². The molecule has 142 valence electrons. The fraction of sp³-hybridized carbons (Fsp3) is 0.438. The highest BCUT2D eigenvalue weighted by atomic mass is 19.4. The Labute approximate surface area is 147 Å². The van der Waals surface area contributed by atoms with E-state index in [1.54, 1.807) is 31.2 Å². The van der Waals surface area contributed by atoms with Crippen LogP contribution in [0, 0.1) is 6.92 Å². The first-order valence-corrected chi connectivity index (χ1v) is 7.81. The minimum absolute atomic E-state index is 0.0944. The number of nitrogens with one attached hydrogen (secondary N) is 1. The molecule has 0 spiro atoms. The number of alkyl halides is 3. The Morgan fingerprint density at radius 1 is 1.38 bits per heavy atom. The molecule has 2 aromatic rings. The molecule has 1 atom stereocenters. The lowest BCUT2D eigenvalue weighted by molar-refractivity contribution is -0.136. The summed E-state index contributed by atoms with van der Waals surface area (Å²) in [6.07, 6.45) is -6.41. The van der Waals surface area contributed by atoms with Crippen molar-refractivity contribution >= 4 is 6.09 Å². The molecule has 1 unspecified atom stereocenters. The van der Waals surface area contributed by atoms with Gasteiger partial charge < -0.3 is 19.6 Å². The third kappa shape index (κ3) is 6.61. The maximum atomic E-state index is 12.1. The summed E-state index contributed by atoms with van der Waals surface area (Å²) in [5, 5.41) is 18.9. The van der Waals surface area contributed by atoms with Crippen molar-refractivity contribution in [1.29, 1.82) is 0 Å². The van der Waals surface area contributed by atoms with Crippen LogP contribution in [0.1, 0.15) is 36.2 Å². The molecular formula is C16H18F3N3O4. The number of benzene rings is 1. The van der Waals surface area contributed by atoms with Crippen LogP contribution in [0.2, 0.25) is 0 Å². The standard InChI is InChI=1S/C16H18F3N3O4/c1-10-21-22-14(26-10)9-13(20-15(23)24)11-4-2-5-12(8-11)25-7-3-6-16(17,18)19/h2,4-5,8,13,20H,3,6-7,9H2,1H3,(H,23,24). The molecule has 2 rings (SSSR count). The van der Waals surface area contributed by atoms with Crippen LogP contribution in [0.3, 0.4) is 0 Å². The van der Waals surface area contributed by atoms with E-state index in [4.69, 9.17) is 14.3 Å². The topological polar surface area (TPSA) is 97.5 Å². The van der Waals surface area contributed by atoms with E-state index in [2.05, 4.69) is 15.5 Å². The van der Waals surface area contributed by atoms with Crippen molar-refractivity contribution in [2.45, 2.75) is 38.4 Å². The number of rotatable bonds is 8. The van der Waals surface area contributed by atoms with Gasteiger partial charge in [0.05, 0.1) is 19.1 Å². The van der Waals surface area contributed by atoms with E-state index < -0.39 is 24.7 Å². The molecule has 10 heteroatoms. The number of ether oxygens (including phenoxy) is 1. The Morgan fingerprint density at radius 2 is 2.15 bits per heavy atom. The largest absolute Gasteiger partial charge is 0.494 e. The highest BCUT2D eigenvalue weighted by molar-refractivity contribution is 5.65. The predicted octanol–water partition coefficient (Wildman–Crippen LogP) is 3.65. The number of aryl methyl sites for hydroxylation is 1. The zero-order chi connectivity index (χ0) is 19.2. The molecule has 0 aliphatic carbocycles. The fourth-order valence-electron chi connectivity index (χ4n) is 2.28. The van der Waals surface area contributed by atoms with Crippen molar-refractivity contribution in [2.75, 3.05) is 6.61 Å². The van der Waals surface area contributed by atoms with Crippen LogP contribution in [-0.2, 0) is 6.42 Å². The molecule has 1 heterocycles. The summed E-state index contributed by atoms with van der Waals surface area (Å²) in [5.41, 5.74) is 0.566. The minimum Gasteiger partial charge on any atom is -0.494 e. The lowest BCUT2D eigenvalue weighted by Gasteiger charge is -2.17. The highest BCUT2D eigenvalue weighted by Crippen LogP contribution is 2.24. The molecule has 26 heavy (non-hydrogen) atoms. The molecule has 2 N–H and O–H groups in total. The third-order valence-electron chi connectivity index (χ3n) is 3.38. The Morgan fingerprint density at radius 3 is 2.77 bits per heavy atom. The van der Waals surface area contributed by atoms with Crippen molar-refractivity contribution in [3.05, 3.63) is 41.6 Å². The summed E-state index contributed by atoms with van der Waals surface area (Å²) in [6, 6.07) is 5.78. The summed E-state index contributed by atoms with van der Waals surface area (Å²) in [4.78, 5) is 11.1. The van der Waals surface area contributed by atoms with Gasteiger partial charge in [0.25, 0.3) is 0 Å². The van der Waals surface area contributed by atoms with Crippen LogP contribution in [0.25, 0.3) is 0 Å². The Kier molecular flexibility index (Phi) is 6.42. The maximum absolute atomic E-state index is 12.1. The molecule has 0 aliphatic heterocycles. The fourth-order valence-corrected chi connectivity index (χ4v) is 2.28. The molecular weight excluding hydrogens is 355 g/mol. The van der Waals surface area contributed by atoms with Crippen LogP contribution in [0.15, 0.2) is 28.7 Å². The van der Waals surface area contributed by atoms with Gasteiger partial charge in [-0.2, -0.15) is 13.2 Å².